The zero-order valence-corrected chi connectivity index (χ0v) is 14.1. The molecule has 0 atom stereocenters. The van der Waals surface area contributed by atoms with E-state index in [1.807, 2.05) is 6.07 Å². The first-order valence-corrected chi connectivity index (χ1v) is 7.52. The molecule has 26 heavy (non-hydrogen) atoms. The van der Waals surface area contributed by atoms with Crippen molar-refractivity contribution in [3.63, 3.8) is 0 Å². The number of carbonyl (C=O) groups is 2. The largest absolute Gasteiger partial charge is 0.507 e. The fourth-order valence-electron chi connectivity index (χ4n) is 2.27. The summed E-state index contributed by atoms with van der Waals surface area (Å²) >= 11 is 5.96. The number of hydrogen-bond acceptors (Lipinski definition) is 5. The molecule has 0 bridgehead atoms. The Bertz CT molecular complexity index is 969. The van der Waals surface area contributed by atoms with Crippen molar-refractivity contribution in [3.05, 3.63) is 52.3 Å². The molecule has 0 aliphatic carbocycles. The van der Waals surface area contributed by atoms with E-state index in [-0.39, 0.29) is 27.3 Å². The summed E-state index contributed by atoms with van der Waals surface area (Å²) in [4.78, 5) is 23.5. The van der Waals surface area contributed by atoms with Crippen LogP contribution in [0.3, 0.4) is 0 Å². The normalized spacial score (nSPS) is 9.92. The number of aromatic hydroxyl groups is 1. The second kappa shape index (κ2) is 7.63. The van der Waals surface area contributed by atoms with Crippen LogP contribution in [0.5, 0.6) is 5.75 Å². The fraction of sp³-hybridized carbons (Fsp3) is 0.0588. The van der Waals surface area contributed by atoms with Gasteiger partial charge < -0.3 is 5.11 Å². The highest BCUT2D eigenvalue weighted by molar-refractivity contribution is 6.34. The van der Waals surface area contributed by atoms with Gasteiger partial charge in [-0.25, -0.2) is 4.39 Å². The molecule has 0 saturated carbocycles. The van der Waals surface area contributed by atoms with Crippen molar-refractivity contribution in [3.8, 4) is 22.9 Å². The van der Waals surface area contributed by atoms with Crippen LogP contribution in [0.1, 0.15) is 22.8 Å². The van der Waals surface area contributed by atoms with Gasteiger partial charge in [0.25, 0.3) is 5.91 Å². The Balaban J connectivity index is 2.65. The third kappa shape index (κ3) is 3.79. The Morgan fingerprint density at radius 3 is 2.58 bits per heavy atom. The maximum absolute atomic E-state index is 13.8. The van der Waals surface area contributed by atoms with Crippen LogP contribution in [0.15, 0.2) is 30.3 Å². The van der Waals surface area contributed by atoms with Crippen LogP contribution in [-0.4, -0.2) is 22.9 Å². The standard InChI is InChI=1S/C17H12ClFN4O3/c1-8(24)22-17(21)23-16(26)14-12(25)6-5-9(7-20)13(14)10-3-2-4-11(19)15(10)18/h2-6,25H,1H3,(H3,21,22,23,24,26). The first kappa shape index (κ1) is 18.9. The first-order valence-electron chi connectivity index (χ1n) is 7.14. The lowest BCUT2D eigenvalue weighted by Gasteiger charge is -2.15. The second-order valence-corrected chi connectivity index (χ2v) is 5.48. The molecule has 0 unspecified atom stereocenters. The van der Waals surface area contributed by atoms with Gasteiger partial charge in [-0.3, -0.25) is 25.6 Å². The number of hydrogen-bond donors (Lipinski definition) is 4. The molecule has 0 aliphatic rings. The highest BCUT2D eigenvalue weighted by Gasteiger charge is 2.24. The summed E-state index contributed by atoms with van der Waals surface area (Å²) in [7, 11) is 0. The van der Waals surface area contributed by atoms with Crippen molar-refractivity contribution in [1.29, 1.82) is 10.7 Å². The van der Waals surface area contributed by atoms with Gasteiger partial charge >= 0.3 is 0 Å². The number of guanidine groups is 1. The van der Waals surface area contributed by atoms with E-state index in [0.29, 0.717) is 0 Å². The highest BCUT2D eigenvalue weighted by atomic mass is 35.5. The Labute approximate surface area is 152 Å². The Kier molecular flexibility index (Phi) is 5.54. The summed E-state index contributed by atoms with van der Waals surface area (Å²) in [6.07, 6.45) is 0. The fourth-order valence-corrected chi connectivity index (χ4v) is 2.50. The first-order chi connectivity index (χ1) is 12.3. The number of rotatable bonds is 2. The molecule has 2 aromatic rings. The lowest BCUT2D eigenvalue weighted by Crippen LogP contribution is -2.42. The number of phenolic OH excluding ortho intramolecular Hbond substituents is 1. The van der Waals surface area contributed by atoms with E-state index < -0.39 is 29.3 Å². The molecule has 0 spiro atoms. The number of phenols is 1. The van der Waals surface area contributed by atoms with E-state index in [2.05, 4.69) is 10.6 Å². The van der Waals surface area contributed by atoms with Gasteiger partial charge in [0.1, 0.15) is 11.6 Å². The zero-order valence-electron chi connectivity index (χ0n) is 13.4. The maximum Gasteiger partial charge on any atom is 0.262 e. The maximum atomic E-state index is 13.8. The number of nitriles is 1. The smallest absolute Gasteiger partial charge is 0.262 e. The topological polar surface area (TPSA) is 126 Å². The van der Waals surface area contributed by atoms with Crippen LogP contribution >= 0.6 is 11.6 Å². The van der Waals surface area contributed by atoms with Crippen molar-refractivity contribution in [2.75, 3.05) is 0 Å². The van der Waals surface area contributed by atoms with Crippen LogP contribution in [0.25, 0.3) is 11.1 Å². The monoisotopic (exact) mass is 374 g/mol. The quantitative estimate of drug-likeness (QED) is 0.476. The summed E-state index contributed by atoms with van der Waals surface area (Å²) < 4.78 is 13.8. The number of benzene rings is 2. The van der Waals surface area contributed by atoms with E-state index in [9.17, 15) is 24.3 Å². The number of nitrogens with one attached hydrogen (secondary N) is 3. The van der Waals surface area contributed by atoms with Crippen molar-refractivity contribution >= 4 is 29.4 Å². The van der Waals surface area contributed by atoms with Crippen molar-refractivity contribution < 1.29 is 19.1 Å². The highest BCUT2D eigenvalue weighted by Crippen LogP contribution is 2.38. The molecule has 132 valence electrons. The van der Waals surface area contributed by atoms with Crippen molar-refractivity contribution in [2.45, 2.75) is 6.92 Å². The van der Waals surface area contributed by atoms with E-state index in [4.69, 9.17) is 17.0 Å². The number of carbonyl (C=O) groups excluding carboxylic acids is 2. The van der Waals surface area contributed by atoms with Crippen LogP contribution in [-0.2, 0) is 4.79 Å². The van der Waals surface area contributed by atoms with Gasteiger partial charge in [0, 0.05) is 18.1 Å². The van der Waals surface area contributed by atoms with Crippen molar-refractivity contribution in [2.24, 2.45) is 0 Å². The second-order valence-electron chi connectivity index (χ2n) is 5.11. The Hall–Kier alpha value is -3.44. The van der Waals surface area contributed by atoms with E-state index in [1.165, 1.54) is 18.2 Å². The predicted octanol–water partition coefficient (Wildman–Crippen LogP) is 2.52. The SMILES string of the molecule is CC(=O)NC(=N)NC(=O)c1c(O)ccc(C#N)c1-c1cccc(F)c1Cl. The third-order valence-corrected chi connectivity index (χ3v) is 3.68. The molecule has 4 N–H and O–H groups in total. The van der Waals surface area contributed by atoms with Crippen LogP contribution < -0.4 is 10.6 Å². The molecule has 0 aromatic heterocycles. The zero-order chi connectivity index (χ0) is 19.4. The Morgan fingerprint density at radius 2 is 1.96 bits per heavy atom. The summed E-state index contributed by atoms with van der Waals surface area (Å²) in [5.74, 6) is -3.46. The van der Waals surface area contributed by atoms with Gasteiger partial charge in [0.15, 0.2) is 0 Å². The molecule has 2 aromatic carbocycles. The molecule has 0 heterocycles. The van der Waals surface area contributed by atoms with Gasteiger partial charge in [0.05, 0.1) is 22.2 Å². The number of amides is 2. The average Bonchev–Trinajstić information content (AvgIpc) is 2.56. The minimum atomic E-state index is -0.978. The minimum absolute atomic E-state index is 0.0234. The Morgan fingerprint density at radius 1 is 1.27 bits per heavy atom. The van der Waals surface area contributed by atoms with Gasteiger partial charge in [-0.2, -0.15) is 5.26 Å². The summed E-state index contributed by atoms with van der Waals surface area (Å²) in [5.41, 5.74) is -0.487. The lowest BCUT2D eigenvalue weighted by atomic mass is 9.93. The van der Waals surface area contributed by atoms with Gasteiger partial charge in [-0.15, -0.1) is 0 Å². The molecule has 2 amide bonds. The molecule has 0 saturated heterocycles. The molecule has 0 radical (unpaired) electrons. The summed E-state index contributed by atoms with van der Waals surface area (Å²) in [6.45, 7) is 1.15. The molecule has 7 nitrogen and oxygen atoms in total. The molecule has 9 heteroatoms. The van der Waals surface area contributed by atoms with Crippen LogP contribution in [0, 0.1) is 22.6 Å². The number of nitrogens with zero attached hydrogens (tertiary/aromatic N) is 1. The molecular weight excluding hydrogens is 363 g/mol. The lowest BCUT2D eigenvalue weighted by molar-refractivity contribution is -0.117. The van der Waals surface area contributed by atoms with Crippen LogP contribution in [0.4, 0.5) is 4.39 Å². The minimum Gasteiger partial charge on any atom is -0.507 e. The van der Waals surface area contributed by atoms with E-state index in [1.54, 1.807) is 0 Å². The van der Waals surface area contributed by atoms with Crippen LogP contribution in [0.2, 0.25) is 5.02 Å². The van der Waals surface area contributed by atoms with E-state index >= 15 is 0 Å². The average molecular weight is 375 g/mol. The summed E-state index contributed by atoms with van der Waals surface area (Å²) in [5, 5.41) is 30.8. The van der Waals surface area contributed by atoms with E-state index in [0.717, 1.165) is 19.1 Å². The number of halogens is 2. The molecule has 2 rings (SSSR count). The predicted molar refractivity (Wildman–Crippen MR) is 92.2 cm³/mol. The summed E-state index contributed by atoms with van der Waals surface area (Å²) in [6, 6.07) is 8.05. The van der Waals surface area contributed by atoms with Gasteiger partial charge in [-0.05, 0) is 18.2 Å². The molecular formula is C17H12ClFN4O3. The van der Waals surface area contributed by atoms with Gasteiger partial charge in [0.2, 0.25) is 11.9 Å². The molecule has 0 fully saturated rings. The van der Waals surface area contributed by atoms with Gasteiger partial charge in [-0.1, -0.05) is 23.7 Å². The third-order valence-electron chi connectivity index (χ3n) is 3.29. The van der Waals surface area contributed by atoms with Crippen molar-refractivity contribution in [1.82, 2.24) is 10.6 Å². The molecule has 0 aliphatic heterocycles.